The van der Waals surface area contributed by atoms with E-state index in [9.17, 15) is 16.8 Å². The Kier molecular flexibility index (Phi) is 3.75. The van der Waals surface area contributed by atoms with Gasteiger partial charge < -0.3 is 5.11 Å². The van der Waals surface area contributed by atoms with Gasteiger partial charge in [0.15, 0.2) is 9.84 Å². The van der Waals surface area contributed by atoms with Crippen LogP contribution < -0.4 is 4.72 Å². The van der Waals surface area contributed by atoms with Gasteiger partial charge in [0.1, 0.15) is 0 Å². The molecular weight excluding hydrogens is 242 g/mol. The van der Waals surface area contributed by atoms with E-state index in [2.05, 4.69) is 4.72 Å². The van der Waals surface area contributed by atoms with Crippen molar-refractivity contribution in [3.05, 3.63) is 0 Å². The molecule has 1 aliphatic rings. The maximum atomic E-state index is 11.5. The maximum Gasteiger partial charge on any atom is 0.215 e. The van der Waals surface area contributed by atoms with E-state index in [-0.39, 0.29) is 24.5 Å². The van der Waals surface area contributed by atoms with E-state index >= 15 is 0 Å². The number of hydrogen-bond acceptors (Lipinski definition) is 5. The van der Waals surface area contributed by atoms with Gasteiger partial charge in [-0.05, 0) is 13.3 Å². The first-order valence-corrected chi connectivity index (χ1v) is 7.97. The molecule has 2 N–H and O–H groups in total. The third-order valence-electron chi connectivity index (χ3n) is 2.21. The van der Waals surface area contributed by atoms with E-state index in [4.69, 9.17) is 5.11 Å². The second-order valence-electron chi connectivity index (χ2n) is 3.77. The van der Waals surface area contributed by atoms with Gasteiger partial charge in [-0.2, -0.15) is 0 Å². The molecule has 1 rings (SSSR count). The number of sulfone groups is 1. The molecule has 0 aromatic heterocycles. The maximum absolute atomic E-state index is 11.5. The van der Waals surface area contributed by atoms with Gasteiger partial charge in [-0.25, -0.2) is 21.6 Å². The van der Waals surface area contributed by atoms with Crippen LogP contribution in [-0.2, 0) is 19.9 Å². The topological polar surface area (TPSA) is 101 Å². The fraction of sp³-hybridized carbons (Fsp3) is 1.00. The molecule has 0 aromatic rings. The fourth-order valence-electron chi connectivity index (χ4n) is 1.36. The summed E-state index contributed by atoms with van der Waals surface area (Å²) >= 11 is 0. The summed E-state index contributed by atoms with van der Waals surface area (Å²) in [6, 6.07) is 0. The average molecular weight is 257 g/mol. The fourth-order valence-corrected chi connectivity index (χ4v) is 5.53. The van der Waals surface area contributed by atoms with E-state index in [1.807, 2.05) is 0 Å². The number of aliphatic hydroxyl groups excluding tert-OH is 1. The van der Waals surface area contributed by atoms with E-state index in [1.165, 1.54) is 6.92 Å². The Morgan fingerprint density at radius 3 is 2.53 bits per heavy atom. The van der Waals surface area contributed by atoms with Crippen molar-refractivity contribution in [2.45, 2.75) is 24.7 Å². The Morgan fingerprint density at radius 2 is 2.13 bits per heavy atom. The van der Waals surface area contributed by atoms with Gasteiger partial charge >= 0.3 is 0 Å². The third kappa shape index (κ3) is 3.71. The first kappa shape index (κ1) is 12.9. The molecule has 15 heavy (non-hydrogen) atoms. The van der Waals surface area contributed by atoms with Gasteiger partial charge in [-0.3, -0.25) is 0 Å². The molecule has 0 saturated carbocycles. The van der Waals surface area contributed by atoms with Gasteiger partial charge in [0, 0.05) is 6.54 Å². The molecular formula is C7H15NO5S2. The minimum Gasteiger partial charge on any atom is -0.392 e. The minimum atomic E-state index is -3.62. The minimum absolute atomic E-state index is 0.0761. The molecule has 0 amide bonds. The van der Waals surface area contributed by atoms with Gasteiger partial charge in [-0.15, -0.1) is 0 Å². The highest BCUT2D eigenvalue weighted by Gasteiger charge is 2.36. The molecule has 1 unspecified atom stereocenters. The molecule has 1 heterocycles. The number of nitrogens with one attached hydrogen (secondary N) is 1. The van der Waals surface area contributed by atoms with Crippen LogP contribution in [0.1, 0.15) is 13.3 Å². The molecule has 0 radical (unpaired) electrons. The van der Waals surface area contributed by atoms with Crippen molar-refractivity contribution in [3.8, 4) is 0 Å². The highest BCUT2D eigenvalue weighted by Crippen LogP contribution is 2.17. The third-order valence-corrected chi connectivity index (χ3v) is 6.04. The van der Waals surface area contributed by atoms with Gasteiger partial charge in [0.2, 0.25) is 10.0 Å². The second-order valence-corrected chi connectivity index (χ2v) is 8.04. The first-order chi connectivity index (χ1) is 6.73. The quantitative estimate of drug-likeness (QED) is 0.636. The number of hydrogen-bond donors (Lipinski definition) is 2. The van der Waals surface area contributed by atoms with E-state index in [0.29, 0.717) is 0 Å². The molecule has 0 aliphatic carbocycles. The largest absolute Gasteiger partial charge is 0.392 e. The van der Waals surface area contributed by atoms with Crippen LogP contribution >= 0.6 is 0 Å². The Bertz CT molecular complexity index is 411. The molecule has 1 fully saturated rings. The van der Waals surface area contributed by atoms with Crippen molar-refractivity contribution >= 4 is 19.9 Å². The lowest BCUT2D eigenvalue weighted by Gasteiger charge is -2.12. The van der Waals surface area contributed by atoms with Crippen molar-refractivity contribution in [1.29, 1.82) is 0 Å². The van der Waals surface area contributed by atoms with Crippen LogP contribution in [0.15, 0.2) is 0 Å². The lowest BCUT2D eigenvalue weighted by molar-refractivity contribution is 0.198. The SMILES string of the molecule is C[C@@H](O)CNS(=O)(=O)C1CCS(=O)(=O)C1. The lowest BCUT2D eigenvalue weighted by Crippen LogP contribution is -2.38. The van der Waals surface area contributed by atoms with Gasteiger partial charge in [0.25, 0.3) is 0 Å². The molecule has 0 bridgehead atoms. The zero-order chi connectivity index (χ0) is 11.7. The molecule has 90 valence electrons. The highest BCUT2D eigenvalue weighted by molar-refractivity contribution is 7.95. The normalized spacial score (nSPS) is 27.7. The summed E-state index contributed by atoms with van der Waals surface area (Å²) in [5.41, 5.74) is 0. The number of sulfonamides is 1. The molecule has 8 heteroatoms. The van der Waals surface area contributed by atoms with Crippen LogP contribution in [0.4, 0.5) is 0 Å². The predicted molar refractivity (Wildman–Crippen MR) is 55.7 cm³/mol. The van der Waals surface area contributed by atoms with Gasteiger partial charge in [-0.1, -0.05) is 0 Å². The molecule has 1 saturated heterocycles. The van der Waals surface area contributed by atoms with Crippen LogP contribution in [0.2, 0.25) is 0 Å². The van der Waals surface area contributed by atoms with E-state index < -0.39 is 31.2 Å². The Morgan fingerprint density at radius 1 is 1.53 bits per heavy atom. The zero-order valence-corrected chi connectivity index (χ0v) is 10.0. The summed E-state index contributed by atoms with van der Waals surface area (Å²) in [4.78, 5) is 0. The van der Waals surface area contributed by atoms with Crippen LogP contribution in [0.5, 0.6) is 0 Å². The van der Waals surface area contributed by atoms with E-state index in [0.717, 1.165) is 0 Å². The Hall–Kier alpha value is -0.180. The second kappa shape index (κ2) is 4.36. The Labute approximate surface area is 89.7 Å². The summed E-state index contributed by atoms with van der Waals surface area (Å²) in [7, 11) is -6.81. The molecule has 2 atom stereocenters. The number of aliphatic hydroxyl groups is 1. The van der Waals surface area contributed by atoms with Crippen LogP contribution in [0.3, 0.4) is 0 Å². The summed E-state index contributed by atoms with van der Waals surface area (Å²) in [6.07, 6.45) is -0.643. The summed E-state index contributed by atoms with van der Waals surface area (Å²) < 4.78 is 47.4. The lowest BCUT2D eigenvalue weighted by atomic mass is 10.4. The average Bonchev–Trinajstić information content (AvgIpc) is 2.43. The van der Waals surface area contributed by atoms with E-state index in [1.54, 1.807) is 0 Å². The van der Waals surface area contributed by atoms with Crippen molar-refractivity contribution in [2.24, 2.45) is 0 Å². The summed E-state index contributed by atoms with van der Waals surface area (Å²) in [5, 5.41) is 8.04. The summed E-state index contributed by atoms with van der Waals surface area (Å²) in [6.45, 7) is 1.37. The van der Waals surface area contributed by atoms with Crippen molar-refractivity contribution in [1.82, 2.24) is 4.72 Å². The monoisotopic (exact) mass is 257 g/mol. The van der Waals surface area contributed by atoms with Crippen LogP contribution in [-0.4, -0.2) is 51.3 Å². The van der Waals surface area contributed by atoms with Crippen molar-refractivity contribution in [2.75, 3.05) is 18.1 Å². The van der Waals surface area contributed by atoms with Crippen molar-refractivity contribution < 1.29 is 21.9 Å². The summed E-state index contributed by atoms with van der Waals surface area (Å²) in [5.74, 6) is -0.393. The Balaban J connectivity index is 2.64. The standard InChI is InChI=1S/C7H15NO5S2/c1-6(9)4-8-15(12,13)7-2-3-14(10,11)5-7/h6-9H,2-5H2,1H3/t6-,7?/m1/s1. The smallest absolute Gasteiger partial charge is 0.215 e. The first-order valence-electron chi connectivity index (χ1n) is 4.60. The predicted octanol–water partition coefficient (Wildman–Crippen LogP) is -1.53. The zero-order valence-electron chi connectivity index (χ0n) is 8.38. The van der Waals surface area contributed by atoms with Gasteiger partial charge in [0.05, 0.1) is 22.9 Å². The van der Waals surface area contributed by atoms with Crippen LogP contribution in [0, 0.1) is 0 Å². The number of rotatable bonds is 4. The van der Waals surface area contributed by atoms with Crippen molar-refractivity contribution in [3.63, 3.8) is 0 Å². The highest BCUT2D eigenvalue weighted by atomic mass is 32.2. The molecule has 0 aromatic carbocycles. The molecule has 0 spiro atoms. The van der Waals surface area contributed by atoms with Crippen LogP contribution in [0.25, 0.3) is 0 Å². The molecule has 1 aliphatic heterocycles. The molecule has 6 nitrogen and oxygen atoms in total.